The van der Waals surface area contributed by atoms with Crippen LogP contribution in [0, 0.1) is 16.0 Å². The lowest BCUT2D eigenvalue weighted by molar-refractivity contribution is -0.385. The van der Waals surface area contributed by atoms with Crippen LogP contribution in [0.4, 0.5) is 11.4 Å². The summed E-state index contributed by atoms with van der Waals surface area (Å²) in [5, 5.41) is 20.9. The van der Waals surface area contributed by atoms with E-state index in [1.54, 1.807) is 13.8 Å². The van der Waals surface area contributed by atoms with E-state index in [1.807, 2.05) is 0 Å². The minimum absolute atomic E-state index is 0.0510. The van der Waals surface area contributed by atoms with Crippen molar-refractivity contribution in [2.45, 2.75) is 24.8 Å². The van der Waals surface area contributed by atoms with E-state index < -0.39 is 38.6 Å². The highest BCUT2D eigenvalue weighted by atomic mass is 35.5. The highest BCUT2D eigenvalue weighted by Crippen LogP contribution is 2.31. The third kappa shape index (κ3) is 4.37. The van der Waals surface area contributed by atoms with Crippen LogP contribution in [0.25, 0.3) is 0 Å². The van der Waals surface area contributed by atoms with Gasteiger partial charge in [0.15, 0.2) is 0 Å². The SMILES string of the molecule is CC(C)C(C(=O)O)N(c1cccc(Cl)c1)S(=O)(=O)c1cccc([N+](=O)[O-])c1. The van der Waals surface area contributed by atoms with Crippen LogP contribution in [0.1, 0.15) is 13.8 Å². The second kappa shape index (κ2) is 7.93. The number of nitrogens with zero attached hydrogens (tertiary/aromatic N) is 2. The molecule has 2 aromatic rings. The monoisotopic (exact) mass is 412 g/mol. The first-order valence-electron chi connectivity index (χ1n) is 7.83. The molecule has 0 aliphatic carbocycles. The van der Waals surface area contributed by atoms with Gasteiger partial charge in [0.05, 0.1) is 15.5 Å². The molecule has 0 spiro atoms. The van der Waals surface area contributed by atoms with E-state index in [4.69, 9.17) is 11.6 Å². The number of hydrogen-bond donors (Lipinski definition) is 1. The zero-order valence-corrected chi connectivity index (χ0v) is 16.0. The molecule has 10 heteroatoms. The van der Waals surface area contributed by atoms with Crippen molar-refractivity contribution in [3.63, 3.8) is 0 Å². The van der Waals surface area contributed by atoms with Crippen LogP contribution in [0.2, 0.25) is 5.02 Å². The van der Waals surface area contributed by atoms with Crippen LogP contribution in [0.15, 0.2) is 53.4 Å². The van der Waals surface area contributed by atoms with Crippen LogP contribution >= 0.6 is 11.6 Å². The summed E-state index contributed by atoms with van der Waals surface area (Å²) in [6.45, 7) is 3.14. The Hall–Kier alpha value is -2.65. The van der Waals surface area contributed by atoms with E-state index in [-0.39, 0.29) is 15.6 Å². The average molecular weight is 413 g/mol. The maximum Gasteiger partial charge on any atom is 0.327 e. The number of benzene rings is 2. The smallest absolute Gasteiger partial charge is 0.327 e. The number of non-ortho nitro benzene ring substituents is 1. The lowest BCUT2D eigenvalue weighted by Crippen LogP contribution is -2.48. The Labute approximate surface area is 161 Å². The first-order chi connectivity index (χ1) is 12.6. The zero-order valence-electron chi connectivity index (χ0n) is 14.4. The Morgan fingerprint density at radius 2 is 1.81 bits per heavy atom. The lowest BCUT2D eigenvalue weighted by atomic mass is 10.0. The number of rotatable bonds is 7. The minimum Gasteiger partial charge on any atom is -0.480 e. The highest BCUT2D eigenvalue weighted by Gasteiger charge is 2.38. The van der Waals surface area contributed by atoms with E-state index in [9.17, 15) is 28.4 Å². The molecule has 0 aliphatic heterocycles. The standard InChI is InChI=1S/C17H17ClN2O6S/c1-11(2)16(17(21)22)19(13-6-3-5-12(18)9-13)27(25,26)15-8-4-7-14(10-15)20(23)24/h3-11,16H,1-2H3,(H,21,22). The molecule has 0 bridgehead atoms. The summed E-state index contributed by atoms with van der Waals surface area (Å²) in [5.74, 6) is -1.94. The van der Waals surface area contributed by atoms with Gasteiger partial charge in [-0.05, 0) is 30.2 Å². The fourth-order valence-corrected chi connectivity index (χ4v) is 4.55. The van der Waals surface area contributed by atoms with Gasteiger partial charge >= 0.3 is 5.97 Å². The van der Waals surface area contributed by atoms with Gasteiger partial charge < -0.3 is 5.11 Å². The van der Waals surface area contributed by atoms with Crippen molar-refractivity contribution in [1.29, 1.82) is 0 Å². The van der Waals surface area contributed by atoms with Gasteiger partial charge in [0.25, 0.3) is 15.7 Å². The van der Waals surface area contributed by atoms with Crippen molar-refractivity contribution in [2.75, 3.05) is 4.31 Å². The van der Waals surface area contributed by atoms with Gasteiger partial charge in [-0.2, -0.15) is 0 Å². The summed E-state index contributed by atoms with van der Waals surface area (Å²) >= 11 is 5.96. The van der Waals surface area contributed by atoms with E-state index in [2.05, 4.69) is 0 Å². The molecule has 27 heavy (non-hydrogen) atoms. The average Bonchev–Trinajstić information content (AvgIpc) is 2.58. The molecule has 0 heterocycles. The molecule has 0 aromatic heterocycles. The van der Waals surface area contributed by atoms with Crippen LogP contribution < -0.4 is 4.31 Å². The van der Waals surface area contributed by atoms with Gasteiger partial charge in [-0.15, -0.1) is 0 Å². The van der Waals surface area contributed by atoms with Crippen molar-refractivity contribution in [2.24, 2.45) is 5.92 Å². The van der Waals surface area contributed by atoms with Gasteiger partial charge in [-0.3, -0.25) is 14.4 Å². The fraction of sp³-hybridized carbons (Fsp3) is 0.235. The molecular weight excluding hydrogens is 396 g/mol. The number of nitro groups is 1. The van der Waals surface area contributed by atoms with E-state index in [1.165, 1.54) is 36.4 Å². The molecule has 0 amide bonds. The van der Waals surface area contributed by atoms with Crippen LogP contribution in [0.5, 0.6) is 0 Å². The number of carbonyl (C=O) groups is 1. The number of anilines is 1. The van der Waals surface area contributed by atoms with Crippen molar-refractivity contribution in [1.82, 2.24) is 0 Å². The number of carboxylic acids is 1. The highest BCUT2D eigenvalue weighted by molar-refractivity contribution is 7.93. The predicted octanol–water partition coefficient (Wildman–Crippen LogP) is 3.55. The zero-order chi connectivity index (χ0) is 20.4. The van der Waals surface area contributed by atoms with Crippen LogP contribution in [-0.4, -0.2) is 30.5 Å². The summed E-state index contributed by atoms with van der Waals surface area (Å²) in [5.41, 5.74) is -0.367. The number of carboxylic acid groups (broad SMARTS) is 1. The fourth-order valence-electron chi connectivity index (χ4n) is 2.59. The van der Waals surface area contributed by atoms with Crippen molar-refractivity contribution < 1.29 is 23.2 Å². The van der Waals surface area contributed by atoms with Gasteiger partial charge in [0.2, 0.25) is 0 Å². The summed E-state index contributed by atoms with van der Waals surface area (Å²) in [6.07, 6.45) is 0. The quantitative estimate of drug-likeness (QED) is 0.548. The molecule has 2 rings (SSSR count). The third-order valence-corrected chi connectivity index (χ3v) is 5.83. The molecule has 0 aliphatic rings. The Bertz CT molecular complexity index is 977. The second-order valence-corrected chi connectivity index (χ2v) is 8.31. The molecule has 1 atom stereocenters. The van der Waals surface area contributed by atoms with Gasteiger partial charge in [-0.25, -0.2) is 13.2 Å². The molecular formula is C17H17ClN2O6S. The van der Waals surface area contributed by atoms with Crippen molar-refractivity contribution >= 4 is 39.0 Å². The molecule has 0 saturated heterocycles. The summed E-state index contributed by atoms with van der Waals surface area (Å²) in [4.78, 5) is 21.7. The lowest BCUT2D eigenvalue weighted by Gasteiger charge is -2.32. The van der Waals surface area contributed by atoms with Crippen LogP contribution in [0.3, 0.4) is 0 Å². The largest absolute Gasteiger partial charge is 0.480 e. The Kier molecular flexibility index (Phi) is 6.07. The number of nitro benzene ring substituents is 1. The summed E-state index contributed by atoms with van der Waals surface area (Å²) < 4.78 is 27.3. The van der Waals surface area contributed by atoms with Gasteiger partial charge in [-0.1, -0.05) is 37.6 Å². The molecule has 1 unspecified atom stereocenters. The number of halogens is 1. The molecule has 8 nitrogen and oxygen atoms in total. The maximum absolute atomic E-state index is 13.3. The number of sulfonamides is 1. The minimum atomic E-state index is -4.43. The topological polar surface area (TPSA) is 118 Å². The normalized spacial score (nSPS) is 12.6. The van der Waals surface area contributed by atoms with E-state index in [0.717, 1.165) is 16.4 Å². The Morgan fingerprint density at radius 1 is 1.19 bits per heavy atom. The Morgan fingerprint density at radius 3 is 2.33 bits per heavy atom. The molecule has 0 fully saturated rings. The maximum atomic E-state index is 13.3. The number of hydrogen-bond acceptors (Lipinski definition) is 5. The molecule has 1 N–H and O–H groups in total. The van der Waals surface area contributed by atoms with Gasteiger partial charge in [0, 0.05) is 17.2 Å². The second-order valence-electron chi connectivity index (χ2n) is 6.06. The summed E-state index contributed by atoms with van der Waals surface area (Å²) in [7, 11) is -4.43. The first-order valence-corrected chi connectivity index (χ1v) is 9.64. The Balaban J connectivity index is 2.73. The predicted molar refractivity (Wildman–Crippen MR) is 100 cm³/mol. The molecule has 0 saturated carbocycles. The van der Waals surface area contributed by atoms with Crippen LogP contribution in [-0.2, 0) is 14.8 Å². The summed E-state index contributed by atoms with van der Waals surface area (Å²) in [6, 6.07) is 8.78. The number of aliphatic carboxylic acids is 1. The molecule has 0 radical (unpaired) electrons. The third-order valence-electron chi connectivity index (χ3n) is 3.79. The van der Waals surface area contributed by atoms with Gasteiger partial charge in [0.1, 0.15) is 6.04 Å². The first kappa shape index (κ1) is 20.7. The van der Waals surface area contributed by atoms with Crippen molar-refractivity contribution in [3.8, 4) is 0 Å². The molecule has 2 aromatic carbocycles. The van der Waals surface area contributed by atoms with E-state index >= 15 is 0 Å². The molecule has 144 valence electrons. The van der Waals surface area contributed by atoms with Crippen molar-refractivity contribution in [3.05, 3.63) is 63.7 Å². The van der Waals surface area contributed by atoms with E-state index in [0.29, 0.717) is 0 Å².